The van der Waals surface area contributed by atoms with Crippen LogP contribution >= 0.6 is 0 Å². The minimum Gasteiger partial charge on any atom is -0.497 e. The molecule has 5 N–H and O–H groups in total. The quantitative estimate of drug-likeness (QED) is 0.417. The van der Waals surface area contributed by atoms with Crippen molar-refractivity contribution < 1.29 is 9.13 Å². The van der Waals surface area contributed by atoms with Crippen molar-refractivity contribution in [2.24, 2.45) is 5.73 Å². The minimum absolute atomic E-state index is 0.319. The van der Waals surface area contributed by atoms with Crippen LogP contribution in [0.1, 0.15) is 11.1 Å². The normalized spacial score (nSPS) is 11.2. The van der Waals surface area contributed by atoms with E-state index in [2.05, 4.69) is 10.6 Å². The summed E-state index contributed by atoms with van der Waals surface area (Å²) < 4.78 is 19.3. The standard InChI is InChI=1S/C19H23FN4O/c1-25-17-4-2-3-14(9-17)13-23-7-8-24-16-5-6-18(19(20)10-16)15(11-21)12-22/h2-6,9-12,21,23-24H,7-8,13,22H2,1H3/b15-12+,21-11?. The molecule has 0 aliphatic rings. The predicted molar refractivity (Wildman–Crippen MR) is 101 cm³/mol. The summed E-state index contributed by atoms with van der Waals surface area (Å²) in [6.07, 6.45) is 2.26. The highest BCUT2D eigenvalue weighted by Gasteiger charge is 2.06. The van der Waals surface area contributed by atoms with E-state index in [1.54, 1.807) is 19.2 Å². The van der Waals surface area contributed by atoms with Crippen molar-refractivity contribution in [2.45, 2.75) is 6.54 Å². The average Bonchev–Trinajstić information content (AvgIpc) is 2.64. The van der Waals surface area contributed by atoms with Gasteiger partial charge >= 0.3 is 0 Å². The number of halogens is 1. The van der Waals surface area contributed by atoms with E-state index in [-0.39, 0.29) is 0 Å². The number of nitrogens with two attached hydrogens (primary N) is 1. The van der Waals surface area contributed by atoms with Crippen LogP contribution in [-0.2, 0) is 6.54 Å². The minimum atomic E-state index is -0.408. The number of nitrogens with one attached hydrogen (secondary N) is 3. The first-order chi connectivity index (χ1) is 12.2. The molecule has 0 atom stereocenters. The topological polar surface area (TPSA) is 83.2 Å². The molecule has 0 heterocycles. The lowest BCUT2D eigenvalue weighted by Gasteiger charge is -2.10. The average molecular weight is 342 g/mol. The van der Waals surface area contributed by atoms with Gasteiger partial charge in [0, 0.05) is 48.9 Å². The van der Waals surface area contributed by atoms with Crippen molar-refractivity contribution in [2.75, 3.05) is 25.5 Å². The van der Waals surface area contributed by atoms with Crippen LogP contribution in [-0.4, -0.2) is 26.4 Å². The van der Waals surface area contributed by atoms with Crippen LogP contribution in [0.4, 0.5) is 10.1 Å². The van der Waals surface area contributed by atoms with Crippen LogP contribution in [0.2, 0.25) is 0 Å². The molecule has 6 heteroatoms. The SMILES string of the molecule is COc1cccc(CNCCNc2ccc(/C(C=N)=C/N)c(F)c2)c1. The van der Waals surface area contributed by atoms with Gasteiger partial charge in [-0.1, -0.05) is 12.1 Å². The fraction of sp³-hybridized carbons (Fsp3) is 0.211. The third-order valence-electron chi connectivity index (χ3n) is 3.71. The zero-order valence-corrected chi connectivity index (χ0v) is 14.2. The molecule has 2 aromatic rings. The molecule has 2 aromatic carbocycles. The summed E-state index contributed by atoms with van der Waals surface area (Å²) in [5.74, 6) is 0.429. The molecule has 0 saturated carbocycles. The van der Waals surface area contributed by atoms with Crippen molar-refractivity contribution in [1.29, 1.82) is 5.41 Å². The van der Waals surface area contributed by atoms with Gasteiger partial charge in [-0.2, -0.15) is 0 Å². The molecule has 0 aliphatic heterocycles. The van der Waals surface area contributed by atoms with Crippen LogP contribution in [0.25, 0.3) is 5.57 Å². The maximum Gasteiger partial charge on any atom is 0.133 e. The first kappa shape index (κ1) is 18.5. The van der Waals surface area contributed by atoms with Crippen LogP contribution in [0.15, 0.2) is 48.7 Å². The summed E-state index contributed by atoms with van der Waals surface area (Å²) in [5.41, 5.74) is 7.89. The highest BCUT2D eigenvalue weighted by molar-refractivity contribution is 6.08. The molecule has 0 amide bonds. The first-order valence-corrected chi connectivity index (χ1v) is 7.97. The Bertz CT molecular complexity index is 746. The van der Waals surface area contributed by atoms with Crippen molar-refractivity contribution in [3.05, 3.63) is 65.6 Å². The zero-order valence-electron chi connectivity index (χ0n) is 14.2. The molecule has 0 bridgehead atoms. The highest BCUT2D eigenvalue weighted by atomic mass is 19.1. The van der Waals surface area contributed by atoms with E-state index in [1.165, 1.54) is 12.3 Å². The molecule has 0 aromatic heterocycles. The Balaban J connectivity index is 1.80. The Morgan fingerprint density at radius 2 is 2.08 bits per heavy atom. The molecule has 5 nitrogen and oxygen atoms in total. The fourth-order valence-electron chi connectivity index (χ4n) is 2.39. The summed E-state index contributed by atoms with van der Waals surface area (Å²) in [7, 11) is 1.65. The number of ether oxygens (including phenoxy) is 1. The monoisotopic (exact) mass is 342 g/mol. The van der Waals surface area contributed by atoms with Gasteiger partial charge in [-0.05, 0) is 35.9 Å². The summed E-state index contributed by atoms with van der Waals surface area (Å²) in [5, 5.41) is 13.7. The van der Waals surface area contributed by atoms with Gasteiger partial charge in [0.05, 0.1) is 7.11 Å². The lowest BCUT2D eigenvalue weighted by atomic mass is 10.1. The van der Waals surface area contributed by atoms with E-state index in [1.807, 2.05) is 24.3 Å². The van der Waals surface area contributed by atoms with Crippen LogP contribution < -0.4 is 21.1 Å². The summed E-state index contributed by atoms with van der Waals surface area (Å²) in [6.45, 7) is 2.12. The van der Waals surface area contributed by atoms with Gasteiger partial charge in [0.15, 0.2) is 0 Å². The Hall–Kier alpha value is -2.86. The molecule has 0 radical (unpaired) electrons. The van der Waals surface area contributed by atoms with Gasteiger partial charge in [0.1, 0.15) is 11.6 Å². The van der Waals surface area contributed by atoms with Gasteiger partial charge in [0.25, 0.3) is 0 Å². The van der Waals surface area contributed by atoms with Crippen molar-refractivity contribution >= 4 is 17.5 Å². The second kappa shape index (κ2) is 9.44. The van der Waals surface area contributed by atoms with Crippen LogP contribution in [0.3, 0.4) is 0 Å². The second-order valence-corrected chi connectivity index (χ2v) is 5.42. The highest BCUT2D eigenvalue weighted by Crippen LogP contribution is 2.20. The Labute approximate surface area is 147 Å². The molecular formula is C19H23FN4O. The zero-order chi connectivity index (χ0) is 18.1. The largest absolute Gasteiger partial charge is 0.497 e. The Morgan fingerprint density at radius 3 is 2.76 bits per heavy atom. The van der Waals surface area contributed by atoms with Crippen molar-refractivity contribution in [1.82, 2.24) is 5.32 Å². The van der Waals surface area contributed by atoms with E-state index in [4.69, 9.17) is 15.9 Å². The lowest BCUT2D eigenvalue weighted by molar-refractivity contribution is 0.414. The van der Waals surface area contributed by atoms with Gasteiger partial charge in [-0.25, -0.2) is 4.39 Å². The number of benzene rings is 2. The molecule has 2 rings (SSSR count). The molecule has 0 fully saturated rings. The number of hydrogen-bond acceptors (Lipinski definition) is 5. The van der Waals surface area contributed by atoms with Gasteiger partial charge < -0.3 is 26.5 Å². The number of allylic oxidation sites excluding steroid dienone is 1. The van der Waals surface area contributed by atoms with Crippen LogP contribution in [0, 0.1) is 11.2 Å². The maximum atomic E-state index is 14.1. The lowest BCUT2D eigenvalue weighted by Crippen LogP contribution is -2.21. The molecule has 25 heavy (non-hydrogen) atoms. The van der Waals surface area contributed by atoms with Crippen LogP contribution in [0.5, 0.6) is 5.75 Å². The van der Waals surface area contributed by atoms with E-state index in [0.717, 1.165) is 30.6 Å². The Kier molecular flexibility index (Phi) is 6.98. The predicted octanol–water partition coefficient (Wildman–Crippen LogP) is 2.99. The molecule has 0 aliphatic carbocycles. The van der Waals surface area contributed by atoms with Crippen molar-refractivity contribution in [3.8, 4) is 5.75 Å². The molecule has 0 unspecified atom stereocenters. The van der Waals surface area contributed by atoms with Gasteiger partial charge in [0.2, 0.25) is 0 Å². The number of methoxy groups -OCH3 is 1. The number of rotatable bonds is 9. The summed E-state index contributed by atoms with van der Waals surface area (Å²) in [4.78, 5) is 0. The van der Waals surface area contributed by atoms with E-state index in [0.29, 0.717) is 23.4 Å². The molecule has 0 saturated heterocycles. The van der Waals surface area contributed by atoms with E-state index < -0.39 is 5.82 Å². The van der Waals surface area contributed by atoms with Gasteiger partial charge in [-0.15, -0.1) is 0 Å². The number of hydrogen-bond donors (Lipinski definition) is 4. The first-order valence-electron chi connectivity index (χ1n) is 7.97. The third-order valence-corrected chi connectivity index (χ3v) is 3.71. The van der Waals surface area contributed by atoms with E-state index in [9.17, 15) is 4.39 Å². The molecule has 132 valence electrons. The molecular weight excluding hydrogens is 319 g/mol. The second-order valence-electron chi connectivity index (χ2n) is 5.42. The summed E-state index contributed by atoms with van der Waals surface area (Å²) >= 11 is 0. The Morgan fingerprint density at radius 1 is 1.24 bits per heavy atom. The summed E-state index contributed by atoms with van der Waals surface area (Å²) in [6, 6.07) is 12.7. The van der Waals surface area contributed by atoms with Crippen molar-refractivity contribution in [3.63, 3.8) is 0 Å². The van der Waals surface area contributed by atoms with Gasteiger partial charge in [-0.3, -0.25) is 0 Å². The fourth-order valence-corrected chi connectivity index (χ4v) is 2.39. The maximum absolute atomic E-state index is 14.1. The van der Waals surface area contributed by atoms with E-state index >= 15 is 0 Å². The number of anilines is 1. The smallest absolute Gasteiger partial charge is 0.133 e. The molecule has 0 spiro atoms. The third kappa shape index (κ3) is 5.32.